The van der Waals surface area contributed by atoms with E-state index in [1.54, 1.807) is 24.3 Å². The molecule has 0 fully saturated rings. The molecule has 0 aliphatic carbocycles. The van der Waals surface area contributed by atoms with E-state index in [9.17, 15) is 14.4 Å². The predicted octanol–water partition coefficient (Wildman–Crippen LogP) is 2.51. The molecule has 1 unspecified atom stereocenters. The molecule has 2 aromatic carbocycles. The first-order valence-corrected chi connectivity index (χ1v) is 9.21. The van der Waals surface area contributed by atoms with Crippen molar-refractivity contribution in [2.45, 2.75) is 19.4 Å². The Morgan fingerprint density at radius 2 is 1.71 bits per heavy atom. The first kappa shape index (κ1) is 19.4. The number of nitrogens with one attached hydrogen (secondary N) is 1. The summed E-state index contributed by atoms with van der Waals surface area (Å²) in [7, 11) is 0. The maximum Gasteiger partial charge on any atom is 0.374 e. The first-order chi connectivity index (χ1) is 13.5. The zero-order valence-corrected chi connectivity index (χ0v) is 15.8. The van der Waals surface area contributed by atoms with E-state index in [2.05, 4.69) is 14.1 Å². The molecule has 0 saturated carbocycles. The Labute approximate surface area is 165 Å². The number of carbonyl (C=O) groups is 3. The molecule has 0 saturated heterocycles. The van der Waals surface area contributed by atoms with Crippen molar-refractivity contribution >= 4 is 29.4 Å². The van der Waals surface area contributed by atoms with Gasteiger partial charge in [-0.05, 0) is 18.1 Å². The number of amides is 1. The molecule has 1 aromatic heterocycles. The van der Waals surface area contributed by atoms with Crippen molar-refractivity contribution in [3.63, 3.8) is 0 Å². The third kappa shape index (κ3) is 4.29. The summed E-state index contributed by atoms with van der Waals surface area (Å²) < 4.78 is 8.27. The van der Waals surface area contributed by atoms with Crippen molar-refractivity contribution < 1.29 is 19.5 Å². The largest absolute Gasteiger partial charge is 0.475 e. The van der Waals surface area contributed by atoms with Crippen LogP contribution in [0.1, 0.15) is 21.6 Å². The molecule has 1 heterocycles. The molecule has 8 heteroatoms. The number of carbonyl (C=O) groups excluding carboxylic acids is 2. The Hall–Kier alpha value is -3.39. The molecular weight excluding hydrogens is 378 g/mol. The number of aromatic nitrogens is 2. The number of aryl methyl sites for hydroxylation is 1. The minimum absolute atomic E-state index is 0.0645. The van der Waals surface area contributed by atoms with Gasteiger partial charge in [-0.15, -0.1) is 0 Å². The molecule has 0 aliphatic rings. The smallest absolute Gasteiger partial charge is 0.374 e. The molecule has 1 amide bonds. The average molecular weight is 395 g/mol. The minimum Gasteiger partial charge on any atom is -0.475 e. The van der Waals surface area contributed by atoms with E-state index in [0.717, 1.165) is 28.4 Å². The first-order valence-electron chi connectivity index (χ1n) is 8.48. The third-order valence-electron chi connectivity index (χ3n) is 4.22. The summed E-state index contributed by atoms with van der Waals surface area (Å²) in [5.74, 6) is -3.32. The fraction of sp³-hybridized carbons (Fsp3) is 0.150. The lowest BCUT2D eigenvalue weighted by Gasteiger charge is -2.15. The molecule has 0 aliphatic heterocycles. The summed E-state index contributed by atoms with van der Waals surface area (Å²) >= 11 is 0.882. The van der Waals surface area contributed by atoms with E-state index in [1.165, 1.54) is 0 Å². The van der Waals surface area contributed by atoms with Crippen LogP contribution < -0.4 is 5.32 Å². The van der Waals surface area contributed by atoms with Crippen molar-refractivity contribution in [2.75, 3.05) is 0 Å². The number of rotatable bonds is 7. The van der Waals surface area contributed by atoms with Gasteiger partial charge in [-0.25, -0.2) is 4.79 Å². The van der Waals surface area contributed by atoms with E-state index in [4.69, 9.17) is 5.11 Å². The predicted molar refractivity (Wildman–Crippen MR) is 104 cm³/mol. The van der Waals surface area contributed by atoms with Crippen LogP contribution in [0.5, 0.6) is 0 Å². The quantitative estimate of drug-likeness (QED) is 0.595. The third-order valence-corrected chi connectivity index (χ3v) is 4.75. The van der Waals surface area contributed by atoms with Crippen LogP contribution in [-0.4, -0.2) is 37.6 Å². The standard InChI is InChI=1S/C20H17N3O4S/c1-12-7-5-6-10-14(12)16-17(23-28-22-16)19(25)21-15(18(24)20(26)27)11-13-8-3-2-4-9-13/h2-10,15H,11H2,1H3,(H,21,25)(H,26,27). The van der Waals surface area contributed by atoms with E-state index < -0.39 is 23.7 Å². The van der Waals surface area contributed by atoms with E-state index >= 15 is 0 Å². The Kier molecular flexibility index (Phi) is 5.90. The van der Waals surface area contributed by atoms with Gasteiger partial charge in [-0.3, -0.25) is 9.59 Å². The molecule has 142 valence electrons. The van der Waals surface area contributed by atoms with Gasteiger partial charge in [-0.2, -0.15) is 8.75 Å². The SMILES string of the molecule is Cc1ccccc1-c1nsnc1C(=O)NC(Cc1ccccc1)C(=O)C(=O)O. The number of carboxylic acid groups (broad SMARTS) is 1. The number of hydrogen-bond acceptors (Lipinski definition) is 6. The monoisotopic (exact) mass is 395 g/mol. The second kappa shape index (κ2) is 8.53. The highest BCUT2D eigenvalue weighted by Gasteiger charge is 2.29. The lowest BCUT2D eigenvalue weighted by Crippen LogP contribution is -2.45. The average Bonchev–Trinajstić information content (AvgIpc) is 3.17. The Balaban J connectivity index is 1.87. The summed E-state index contributed by atoms with van der Waals surface area (Å²) in [5.41, 5.74) is 2.88. The Bertz CT molecular complexity index is 1020. The summed E-state index contributed by atoms with van der Waals surface area (Å²) in [5, 5.41) is 11.6. The maximum absolute atomic E-state index is 12.8. The van der Waals surface area contributed by atoms with Gasteiger partial charge >= 0.3 is 5.97 Å². The minimum atomic E-state index is -1.60. The van der Waals surface area contributed by atoms with E-state index in [-0.39, 0.29) is 12.1 Å². The number of Topliss-reactive ketones (excluding diaryl/α,β-unsaturated/α-hetero) is 1. The number of ketones is 1. The van der Waals surface area contributed by atoms with Gasteiger partial charge in [0, 0.05) is 12.0 Å². The number of aliphatic carboxylic acids is 1. The van der Waals surface area contributed by atoms with Crippen LogP contribution in [0, 0.1) is 6.92 Å². The lowest BCUT2D eigenvalue weighted by molar-refractivity contribution is -0.149. The number of benzene rings is 2. The molecule has 7 nitrogen and oxygen atoms in total. The number of nitrogens with zero attached hydrogens (tertiary/aromatic N) is 2. The molecule has 0 bridgehead atoms. The summed E-state index contributed by atoms with van der Waals surface area (Å²) in [6, 6.07) is 15.1. The molecular formula is C20H17N3O4S. The second-order valence-corrected chi connectivity index (χ2v) is 6.69. The molecule has 3 aromatic rings. The maximum atomic E-state index is 12.8. The van der Waals surface area contributed by atoms with Gasteiger partial charge in [0.1, 0.15) is 11.7 Å². The van der Waals surface area contributed by atoms with Crippen LogP contribution in [0.2, 0.25) is 0 Å². The topological polar surface area (TPSA) is 109 Å². The zero-order chi connectivity index (χ0) is 20.1. The highest BCUT2D eigenvalue weighted by molar-refractivity contribution is 6.99. The normalized spacial score (nSPS) is 11.6. The van der Waals surface area contributed by atoms with Gasteiger partial charge < -0.3 is 10.4 Å². The molecule has 0 spiro atoms. The van der Waals surface area contributed by atoms with Crippen molar-refractivity contribution in [1.29, 1.82) is 0 Å². The van der Waals surface area contributed by atoms with Crippen LogP contribution >= 0.6 is 11.7 Å². The van der Waals surface area contributed by atoms with Crippen molar-refractivity contribution in [2.24, 2.45) is 0 Å². The van der Waals surface area contributed by atoms with Gasteiger partial charge in [0.15, 0.2) is 5.69 Å². The van der Waals surface area contributed by atoms with Gasteiger partial charge in [0.2, 0.25) is 0 Å². The van der Waals surface area contributed by atoms with Gasteiger partial charge in [0.25, 0.3) is 11.7 Å². The van der Waals surface area contributed by atoms with Gasteiger partial charge in [-0.1, -0.05) is 54.6 Å². The molecule has 28 heavy (non-hydrogen) atoms. The van der Waals surface area contributed by atoms with Crippen LogP contribution in [0.3, 0.4) is 0 Å². The molecule has 1 atom stereocenters. The van der Waals surface area contributed by atoms with E-state index in [0.29, 0.717) is 5.69 Å². The van der Waals surface area contributed by atoms with Crippen LogP contribution in [0.4, 0.5) is 0 Å². The molecule has 2 N–H and O–H groups in total. The fourth-order valence-corrected chi connectivity index (χ4v) is 3.35. The highest BCUT2D eigenvalue weighted by Crippen LogP contribution is 2.25. The molecule has 0 radical (unpaired) electrons. The van der Waals surface area contributed by atoms with E-state index in [1.807, 2.05) is 37.3 Å². The Morgan fingerprint density at radius 3 is 2.39 bits per heavy atom. The summed E-state index contributed by atoms with van der Waals surface area (Å²) in [6.45, 7) is 1.89. The van der Waals surface area contributed by atoms with Crippen LogP contribution in [-0.2, 0) is 16.0 Å². The van der Waals surface area contributed by atoms with Crippen LogP contribution in [0.15, 0.2) is 54.6 Å². The Morgan fingerprint density at radius 1 is 1.04 bits per heavy atom. The number of hydrogen-bond donors (Lipinski definition) is 2. The summed E-state index contributed by atoms with van der Waals surface area (Å²) in [6.07, 6.45) is 0.0645. The fourth-order valence-electron chi connectivity index (χ4n) is 2.79. The van der Waals surface area contributed by atoms with Crippen molar-refractivity contribution in [3.8, 4) is 11.3 Å². The van der Waals surface area contributed by atoms with Crippen molar-refractivity contribution in [1.82, 2.24) is 14.1 Å². The second-order valence-electron chi connectivity index (χ2n) is 6.16. The van der Waals surface area contributed by atoms with Crippen LogP contribution in [0.25, 0.3) is 11.3 Å². The number of carboxylic acids is 1. The zero-order valence-electron chi connectivity index (χ0n) is 15.0. The summed E-state index contributed by atoms with van der Waals surface area (Å²) in [4.78, 5) is 36.1. The van der Waals surface area contributed by atoms with Gasteiger partial charge in [0.05, 0.1) is 11.7 Å². The molecule has 3 rings (SSSR count). The highest BCUT2D eigenvalue weighted by atomic mass is 32.1. The lowest BCUT2D eigenvalue weighted by atomic mass is 10.0. The van der Waals surface area contributed by atoms with Crippen molar-refractivity contribution in [3.05, 3.63) is 71.4 Å².